The molecule has 0 amide bonds. The van der Waals surface area contributed by atoms with E-state index in [0.717, 1.165) is 6.54 Å². The number of rotatable bonds is 5. The first kappa shape index (κ1) is 11.9. The van der Waals surface area contributed by atoms with Crippen LogP contribution in [0.15, 0.2) is 12.2 Å². The summed E-state index contributed by atoms with van der Waals surface area (Å²) in [6.07, 6.45) is 1.29. The van der Waals surface area contributed by atoms with Crippen molar-refractivity contribution >= 4 is 8.07 Å². The van der Waals surface area contributed by atoms with Crippen LogP contribution in [0.2, 0.25) is 19.1 Å². The lowest BCUT2D eigenvalue weighted by Gasteiger charge is -2.27. The lowest BCUT2D eigenvalue weighted by atomic mass is 10.4. The van der Waals surface area contributed by atoms with Crippen molar-refractivity contribution in [2.75, 3.05) is 19.8 Å². The third-order valence-electron chi connectivity index (χ3n) is 2.02. The van der Waals surface area contributed by atoms with Gasteiger partial charge in [-0.2, -0.15) is 0 Å². The molecule has 0 aromatic carbocycles. The highest BCUT2D eigenvalue weighted by Crippen LogP contribution is 2.15. The van der Waals surface area contributed by atoms with Gasteiger partial charge >= 0.3 is 0 Å². The predicted octanol–water partition coefficient (Wildman–Crippen LogP) is 2.76. The first-order chi connectivity index (χ1) is 5.37. The Bertz CT molecular complexity index is 152. The van der Waals surface area contributed by atoms with E-state index in [1.807, 2.05) is 0 Å². The highest BCUT2D eigenvalue weighted by atomic mass is 28.3. The zero-order chi connectivity index (χ0) is 9.78. The van der Waals surface area contributed by atoms with Crippen LogP contribution < -0.4 is 0 Å². The van der Waals surface area contributed by atoms with E-state index in [-0.39, 0.29) is 0 Å². The van der Waals surface area contributed by atoms with E-state index in [9.17, 15) is 0 Å². The molecule has 0 spiro atoms. The van der Waals surface area contributed by atoms with Crippen LogP contribution in [0.4, 0.5) is 0 Å². The van der Waals surface area contributed by atoms with E-state index in [2.05, 4.69) is 45.5 Å². The van der Waals surface area contributed by atoms with Gasteiger partial charge in [-0.3, -0.25) is 0 Å². The molecule has 72 valence electrons. The molecule has 1 nitrogen and oxygen atoms in total. The smallest absolute Gasteiger partial charge is 0.0669 e. The van der Waals surface area contributed by atoms with E-state index in [4.69, 9.17) is 0 Å². The topological polar surface area (TPSA) is 3.24 Å². The molecule has 0 fully saturated rings. The molecule has 0 unspecified atom stereocenters. The Morgan fingerprint density at radius 3 is 2.25 bits per heavy atom. The van der Waals surface area contributed by atoms with Gasteiger partial charge in [0.1, 0.15) is 0 Å². The van der Waals surface area contributed by atoms with Gasteiger partial charge in [-0.1, -0.05) is 25.6 Å². The third-order valence-corrected chi connectivity index (χ3v) is 4.97. The second-order valence-corrected chi connectivity index (χ2v) is 9.63. The molecule has 0 aliphatic rings. The Morgan fingerprint density at radius 2 is 1.92 bits per heavy atom. The van der Waals surface area contributed by atoms with Gasteiger partial charge in [0.15, 0.2) is 0 Å². The van der Waals surface area contributed by atoms with Gasteiger partial charge in [-0.25, -0.2) is 0 Å². The van der Waals surface area contributed by atoms with Crippen LogP contribution in [0, 0.1) is 0 Å². The molecule has 0 N–H and O–H groups in total. The van der Waals surface area contributed by atoms with Crippen LogP contribution >= 0.6 is 0 Å². The van der Waals surface area contributed by atoms with Crippen molar-refractivity contribution in [3.63, 3.8) is 0 Å². The number of nitrogens with zero attached hydrogens (tertiary/aromatic N) is 1. The molecule has 2 heteroatoms. The van der Waals surface area contributed by atoms with Crippen LogP contribution in [0.1, 0.15) is 13.8 Å². The molecule has 0 saturated heterocycles. The van der Waals surface area contributed by atoms with Gasteiger partial charge in [-0.15, -0.1) is 6.58 Å². The van der Waals surface area contributed by atoms with Gasteiger partial charge in [0.25, 0.3) is 0 Å². The standard InChI is InChI=1S/C10H23NSi/c1-7-11(4)9-12(5,6)8-10(2)3/h2,7-9H2,1,3-6H3. The maximum Gasteiger partial charge on any atom is 0.0669 e. The van der Waals surface area contributed by atoms with E-state index in [1.165, 1.54) is 17.8 Å². The number of allylic oxidation sites excluding steroid dienone is 1. The molecular formula is C10H23NSi. The summed E-state index contributed by atoms with van der Waals surface area (Å²) in [5.41, 5.74) is 1.34. The Hall–Kier alpha value is -0.0831. The van der Waals surface area contributed by atoms with Gasteiger partial charge < -0.3 is 4.90 Å². The average Bonchev–Trinajstić information content (AvgIpc) is 1.83. The Balaban J connectivity index is 3.94. The highest BCUT2D eigenvalue weighted by molar-refractivity contribution is 6.78. The minimum absolute atomic E-state index is 1.02. The maximum atomic E-state index is 3.99. The molecule has 0 atom stereocenters. The van der Waals surface area contributed by atoms with Crippen LogP contribution in [0.3, 0.4) is 0 Å². The zero-order valence-electron chi connectivity index (χ0n) is 9.28. The fourth-order valence-electron chi connectivity index (χ4n) is 1.72. The molecule has 0 aliphatic heterocycles. The SMILES string of the molecule is C=C(C)C[Si](C)(C)CN(C)CC. The quantitative estimate of drug-likeness (QED) is 0.470. The van der Waals surface area contributed by atoms with Crippen molar-refractivity contribution in [1.82, 2.24) is 4.90 Å². The Kier molecular flexibility index (Phi) is 4.79. The first-order valence-electron chi connectivity index (χ1n) is 4.70. The first-order valence-corrected chi connectivity index (χ1v) is 8.12. The summed E-state index contributed by atoms with van der Waals surface area (Å²) in [5.74, 6) is 0. The van der Waals surface area contributed by atoms with Gasteiger partial charge in [0.2, 0.25) is 0 Å². The third kappa shape index (κ3) is 5.55. The second-order valence-electron chi connectivity index (χ2n) is 4.63. The lowest BCUT2D eigenvalue weighted by molar-refractivity contribution is 0.404. The molecule has 0 heterocycles. The van der Waals surface area contributed by atoms with Crippen LogP contribution in [-0.4, -0.2) is 32.7 Å². The van der Waals surface area contributed by atoms with Crippen molar-refractivity contribution in [3.05, 3.63) is 12.2 Å². The van der Waals surface area contributed by atoms with Gasteiger partial charge in [0, 0.05) is 0 Å². The number of hydrogen-bond acceptors (Lipinski definition) is 1. The van der Waals surface area contributed by atoms with Gasteiger partial charge in [0.05, 0.1) is 8.07 Å². The molecular weight excluding hydrogens is 162 g/mol. The average molecular weight is 185 g/mol. The summed E-state index contributed by atoms with van der Waals surface area (Å²) in [6.45, 7) is 14.4. The van der Waals surface area contributed by atoms with E-state index in [0.29, 0.717) is 0 Å². The minimum Gasteiger partial charge on any atom is -0.309 e. The largest absolute Gasteiger partial charge is 0.309 e. The van der Waals surface area contributed by atoms with E-state index < -0.39 is 8.07 Å². The van der Waals surface area contributed by atoms with E-state index >= 15 is 0 Å². The summed E-state index contributed by atoms with van der Waals surface area (Å²) in [5, 5.41) is 0. The molecule has 0 aliphatic carbocycles. The van der Waals surface area contributed by atoms with Crippen molar-refractivity contribution in [2.45, 2.75) is 33.0 Å². The van der Waals surface area contributed by atoms with Crippen molar-refractivity contribution in [1.29, 1.82) is 0 Å². The monoisotopic (exact) mass is 185 g/mol. The van der Waals surface area contributed by atoms with Crippen molar-refractivity contribution < 1.29 is 0 Å². The fourth-order valence-corrected chi connectivity index (χ4v) is 5.15. The summed E-state index contributed by atoms with van der Waals surface area (Å²) < 4.78 is 0. The summed E-state index contributed by atoms with van der Waals surface area (Å²) >= 11 is 0. The highest BCUT2D eigenvalue weighted by Gasteiger charge is 2.21. The molecule has 0 rings (SSSR count). The minimum atomic E-state index is -1.02. The Morgan fingerprint density at radius 1 is 1.42 bits per heavy atom. The normalized spacial score (nSPS) is 12.2. The molecule has 0 aromatic heterocycles. The predicted molar refractivity (Wildman–Crippen MR) is 60.3 cm³/mol. The second kappa shape index (κ2) is 4.82. The summed E-state index contributed by atoms with van der Waals surface area (Å²) in [6, 6.07) is 1.26. The van der Waals surface area contributed by atoms with Crippen LogP contribution in [0.5, 0.6) is 0 Å². The van der Waals surface area contributed by atoms with E-state index in [1.54, 1.807) is 0 Å². The number of hydrogen-bond donors (Lipinski definition) is 0. The molecule has 0 bridgehead atoms. The molecule has 0 aromatic rings. The molecule has 12 heavy (non-hydrogen) atoms. The lowest BCUT2D eigenvalue weighted by Crippen LogP contribution is -2.40. The van der Waals surface area contributed by atoms with Crippen LogP contribution in [0.25, 0.3) is 0 Å². The van der Waals surface area contributed by atoms with Gasteiger partial charge in [-0.05, 0) is 32.7 Å². The molecule has 0 saturated carbocycles. The molecule has 0 radical (unpaired) electrons. The van der Waals surface area contributed by atoms with Crippen molar-refractivity contribution in [2.24, 2.45) is 0 Å². The zero-order valence-corrected chi connectivity index (χ0v) is 10.3. The summed E-state index contributed by atoms with van der Waals surface area (Å²) in [4.78, 5) is 2.41. The fraction of sp³-hybridized carbons (Fsp3) is 0.800. The Labute approximate surface area is 78.5 Å². The van der Waals surface area contributed by atoms with Crippen LogP contribution in [-0.2, 0) is 0 Å². The summed E-state index contributed by atoms with van der Waals surface area (Å²) in [7, 11) is 1.18. The van der Waals surface area contributed by atoms with Crippen molar-refractivity contribution in [3.8, 4) is 0 Å². The maximum absolute atomic E-state index is 3.99.